The van der Waals surface area contributed by atoms with Gasteiger partial charge in [0.2, 0.25) is 0 Å². The van der Waals surface area contributed by atoms with E-state index in [-0.39, 0.29) is 4.46 Å². The van der Waals surface area contributed by atoms with Gasteiger partial charge in [0, 0.05) is 0 Å². The summed E-state index contributed by atoms with van der Waals surface area (Å²) in [4.78, 5) is 0. The minimum absolute atomic E-state index is 0.304. The summed E-state index contributed by atoms with van der Waals surface area (Å²) in [5.74, 6) is 0. The SMILES string of the molecule is C[Si](C)(Cl)c1ccc([Si]C(Cl)Cl)cc1. The van der Waals surface area contributed by atoms with Gasteiger partial charge in [-0.2, -0.15) is 11.1 Å². The Bertz CT molecular complexity index is 290. The first-order valence-corrected chi connectivity index (χ1v) is 10.2. The van der Waals surface area contributed by atoms with Crippen molar-refractivity contribution in [2.24, 2.45) is 0 Å². The topological polar surface area (TPSA) is 0 Å². The molecule has 5 heteroatoms. The molecule has 1 aromatic carbocycles. The predicted octanol–water partition coefficient (Wildman–Crippen LogP) is 2.43. The van der Waals surface area contributed by atoms with Gasteiger partial charge in [0.1, 0.15) is 9.52 Å². The maximum Gasteiger partial charge on any atom is 0.180 e. The highest BCUT2D eigenvalue weighted by atomic mass is 35.6. The molecule has 1 rings (SSSR count). The molecule has 1 aromatic rings. The maximum absolute atomic E-state index is 6.31. The van der Waals surface area contributed by atoms with Gasteiger partial charge in [-0.25, -0.2) is 0 Å². The molecule has 0 atom stereocenters. The van der Waals surface area contributed by atoms with Crippen molar-refractivity contribution in [3.05, 3.63) is 24.3 Å². The van der Waals surface area contributed by atoms with Crippen LogP contribution < -0.4 is 10.4 Å². The number of hydrogen-bond donors (Lipinski definition) is 0. The Hall–Kier alpha value is 0.524. The average molecular weight is 282 g/mol. The van der Waals surface area contributed by atoms with E-state index in [0.29, 0.717) is 9.52 Å². The Labute approximate surface area is 103 Å². The van der Waals surface area contributed by atoms with Gasteiger partial charge < -0.3 is 0 Å². The monoisotopic (exact) mass is 280 g/mol. The van der Waals surface area contributed by atoms with Gasteiger partial charge in [0.25, 0.3) is 0 Å². The van der Waals surface area contributed by atoms with E-state index in [1.54, 1.807) is 0 Å². The van der Waals surface area contributed by atoms with Crippen LogP contribution in [0.2, 0.25) is 13.1 Å². The summed E-state index contributed by atoms with van der Waals surface area (Å²) < 4.78 is -0.304. The second-order valence-corrected chi connectivity index (χ2v) is 13.1. The van der Waals surface area contributed by atoms with Gasteiger partial charge >= 0.3 is 0 Å². The molecule has 0 saturated heterocycles. The van der Waals surface area contributed by atoms with E-state index in [9.17, 15) is 0 Å². The molecule has 0 heterocycles. The minimum atomic E-state index is -1.69. The highest BCUT2D eigenvalue weighted by Crippen LogP contribution is 2.07. The Morgan fingerprint density at radius 3 is 2.00 bits per heavy atom. The summed E-state index contributed by atoms with van der Waals surface area (Å²) in [6.07, 6.45) is 0. The van der Waals surface area contributed by atoms with Crippen molar-refractivity contribution in [1.82, 2.24) is 0 Å². The van der Waals surface area contributed by atoms with Crippen molar-refractivity contribution in [2.75, 3.05) is 0 Å². The zero-order valence-corrected chi connectivity index (χ0v) is 12.3. The summed E-state index contributed by atoms with van der Waals surface area (Å²) in [6.45, 7) is 4.22. The van der Waals surface area contributed by atoms with Crippen molar-refractivity contribution >= 4 is 61.6 Å². The predicted molar refractivity (Wildman–Crippen MR) is 70.3 cm³/mol. The standard InChI is InChI=1S/C9H11Cl3Si2/c1-14(2,12)8-5-3-7(4-6-8)13-9(10)11/h3-6,9H,1-2H3. The van der Waals surface area contributed by atoms with E-state index in [1.807, 2.05) is 0 Å². The molecule has 0 fully saturated rings. The third-order valence-electron chi connectivity index (χ3n) is 1.85. The van der Waals surface area contributed by atoms with Crippen molar-refractivity contribution in [3.8, 4) is 0 Å². The van der Waals surface area contributed by atoms with Crippen molar-refractivity contribution in [1.29, 1.82) is 0 Å². The summed E-state index contributed by atoms with van der Waals surface area (Å²) in [5.41, 5.74) is 0. The van der Waals surface area contributed by atoms with Crippen LogP contribution in [-0.4, -0.2) is 21.4 Å². The van der Waals surface area contributed by atoms with E-state index in [1.165, 1.54) is 10.4 Å². The molecule has 0 amide bonds. The lowest BCUT2D eigenvalue weighted by Gasteiger charge is -2.13. The first-order valence-electron chi connectivity index (χ1n) is 4.24. The number of benzene rings is 1. The van der Waals surface area contributed by atoms with E-state index < -0.39 is 7.38 Å². The van der Waals surface area contributed by atoms with Crippen LogP contribution in [0.1, 0.15) is 0 Å². The number of rotatable bonds is 3. The normalized spacial score (nSPS) is 12.1. The molecule has 0 aliphatic heterocycles. The van der Waals surface area contributed by atoms with E-state index in [2.05, 4.69) is 37.4 Å². The summed E-state index contributed by atoms with van der Waals surface area (Å²) in [7, 11) is -1.24. The fourth-order valence-corrected chi connectivity index (χ4v) is 3.79. The second-order valence-electron chi connectivity index (χ2n) is 3.49. The largest absolute Gasteiger partial charge is 0.180 e. The molecule has 0 bridgehead atoms. The fourth-order valence-electron chi connectivity index (χ4n) is 1.09. The quantitative estimate of drug-likeness (QED) is 0.453. The summed E-state index contributed by atoms with van der Waals surface area (Å²) in [5, 5.41) is 2.42. The minimum Gasteiger partial charge on any atom is -0.162 e. The lowest BCUT2D eigenvalue weighted by atomic mass is 10.4. The smallest absolute Gasteiger partial charge is 0.162 e. The lowest BCUT2D eigenvalue weighted by molar-refractivity contribution is 1.76. The summed E-state index contributed by atoms with van der Waals surface area (Å²) in [6, 6.07) is 8.28. The molecule has 0 saturated carbocycles. The van der Waals surface area contributed by atoms with Crippen LogP contribution in [0.5, 0.6) is 0 Å². The van der Waals surface area contributed by atoms with E-state index in [4.69, 9.17) is 34.3 Å². The molecule has 0 spiro atoms. The molecule has 0 unspecified atom stereocenters. The number of hydrogen-bond acceptors (Lipinski definition) is 0. The zero-order valence-electron chi connectivity index (χ0n) is 8.02. The molecule has 0 nitrogen and oxygen atoms in total. The average Bonchev–Trinajstić information content (AvgIpc) is 2.02. The second kappa shape index (κ2) is 5.04. The third-order valence-corrected chi connectivity index (χ3v) is 5.75. The van der Waals surface area contributed by atoms with E-state index >= 15 is 0 Å². The Morgan fingerprint density at radius 1 is 1.14 bits per heavy atom. The van der Waals surface area contributed by atoms with Crippen LogP contribution >= 0.6 is 34.3 Å². The molecular formula is C9H11Cl3Si2. The number of alkyl halides is 2. The van der Waals surface area contributed by atoms with Crippen LogP contribution in [-0.2, 0) is 0 Å². The molecule has 14 heavy (non-hydrogen) atoms. The highest BCUT2D eigenvalue weighted by molar-refractivity contribution is 7.26. The number of halogens is 3. The highest BCUT2D eigenvalue weighted by Gasteiger charge is 2.19. The lowest BCUT2D eigenvalue weighted by Crippen LogP contribution is -2.36. The molecule has 0 aromatic heterocycles. The van der Waals surface area contributed by atoms with Gasteiger partial charge in [-0.05, 0) is 5.19 Å². The van der Waals surface area contributed by atoms with Crippen molar-refractivity contribution in [3.63, 3.8) is 0 Å². The van der Waals surface area contributed by atoms with Crippen molar-refractivity contribution in [2.45, 2.75) is 17.6 Å². The molecular weight excluding hydrogens is 271 g/mol. The van der Waals surface area contributed by atoms with Gasteiger partial charge in [-0.15, -0.1) is 23.2 Å². The van der Waals surface area contributed by atoms with Gasteiger partial charge in [-0.3, -0.25) is 0 Å². The fraction of sp³-hybridized carbons (Fsp3) is 0.333. The van der Waals surface area contributed by atoms with Crippen LogP contribution in [0.3, 0.4) is 0 Å². The van der Waals surface area contributed by atoms with Crippen LogP contribution in [0.25, 0.3) is 0 Å². The third kappa shape index (κ3) is 3.95. The molecule has 0 aliphatic rings. The van der Waals surface area contributed by atoms with E-state index in [0.717, 1.165) is 0 Å². The summed E-state index contributed by atoms with van der Waals surface area (Å²) >= 11 is 17.7. The van der Waals surface area contributed by atoms with Gasteiger partial charge in [0.15, 0.2) is 7.38 Å². The Balaban J connectivity index is 2.79. The Kier molecular flexibility index (Phi) is 4.53. The van der Waals surface area contributed by atoms with Gasteiger partial charge in [-0.1, -0.05) is 42.5 Å². The van der Waals surface area contributed by atoms with Crippen LogP contribution in [0, 0.1) is 0 Å². The molecule has 2 radical (unpaired) electrons. The zero-order chi connectivity index (χ0) is 10.8. The first kappa shape index (κ1) is 12.6. The first-order chi connectivity index (χ1) is 6.39. The van der Waals surface area contributed by atoms with Crippen LogP contribution in [0.15, 0.2) is 24.3 Å². The maximum atomic E-state index is 6.31. The van der Waals surface area contributed by atoms with Crippen LogP contribution in [0.4, 0.5) is 0 Å². The molecule has 0 N–H and O–H groups in total. The molecule has 0 aliphatic carbocycles. The Morgan fingerprint density at radius 2 is 1.64 bits per heavy atom. The molecule has 76 valence electrons. The van der Waals surface area contributed by atoms with Gasteiger partial charge in [0.05, 0.1) is 4.46 Å². The van der Waals surface area contributed by atoms with Crippen molar-refractivity contribution < 1.29 is 0 Å².